The quantitative estimate of drug-likeness (QED) is 0.241. The minimum atomic E-state index is -1.08. The first-order chi connectivity index (χ1) is 18.8. The van der Waals surface area contributed by atoms with Crippen LogP contribution in [-0.4, -0.2) is 42.1 Å². The first kappa shape index (κ1) is 27.7. The molecule has 1 saturated heterocycles. The van der Waals surface area contributed by atoms with Crippen LogP contribution < -0.4 is 26.4 Å². The van der Waals surface area contributed by atoms with Gasteiger partial charge in [0.1, 0.15) is 17.5 Å². The van der Waals surface area contributed by atoms with E-state index in [1.807, 2.05) is 43.3 Å². The van der Waals surface area contributed by atoms with Gasteiger partial charge < -0.3 is 31.5 Å². The van der Waals surface area contributed by atoms with Crippen LogP contribution in [0.1, 0.15) is 46.3 Å². The molecule has 0 radical (unpaired) electrons. The topological polar surface area (TPSA) is 143 Å². The lowest BCUT2D eigenvalue weighted by atomic mass is 10.0. The lowest BCUT2D eigenvalue weighted by Gasteiger charge is -2.31. The fourth-order valence-corrected chi connectivity index (χ4v) is 4.56. The highest BCUT2D eigenvalue weighted by Crippen LogP contribution is 2.35. The minimum absolute atomic E-state index is 0.00716. The van der Waals surface area contributed by atoms with E-state index in [1.54, 1.807) is 24.3 Å². The molecule has 1 heterocycles. The number of nitrogens with zero attached hydrogens (tertiary/aromatic N) is 2. The van der Waals surface area contributed by atoms with Gasteiger partial charge in [0.05, 0.1) is 0 Å². The number of aliphatic imine (C=N–C) groups is 1. The molecule has 1 fully saturated rings. The van der Waals surface area contributed by atoms with E-state index in [9.17, 15) is 9.59 Å². The van der Waals surface area contributed by atoms with E-state index in [-0.39, 0.29) is 12.4 Å². The van der Waals surface area contributed by atoms with Crippen LogP contribution in [0.2, 0.25) is 0 Å². The number of piperidine rings is 1. The summed E-state index contributed by atoms with van der Waals surface area (Å²) < 4.78 is 6.35. The number of aryl methyl sites for hydroxylation is 1. The summed E-state index contributed by atoms with van der Waals surface area (Å²) in [6.07, 6.45) is 3.66. The average molecular weight is 530 g/mol. The van der Waals surface area contributed by atoms with E-state index in [4.69, 9.17) is 21.3 Å². The fraction of sp³-hybridized carbons (Fsp3) is 0.300. The van der Waals surface area contributed by atoms with Crippen molar-refractivity contribution in [2.24, 2.45) is 16.5 Å². The van der Waals surface area contributed by atoms with Crippen molar-refractivity contribution in [3.63, 3.8) is 0 Å². The van der Waals surface area contributed by atoms with Crippen LogP contribution in [0.5, 0.6) is 11.5 Å². The maximum Gasteiger partial charge on any atom is 0.320 e. The molecule has 3 aromatic carbocycles. The Morgan fingerprint density at radius 3 is 2.38 bits per heavy atom. The number of carbonyl (C=O) groups excluding carboxylic acids is 1. The Morgan fingerprint density at radius 2 is 1.69 bits per heavy atom. The highest BCUT2D eigenvalue weighted by atomic mass is 16.5. The molecule has 0 unspecified atom stereocenters. The predicted molar refractivity (Wildman–Crippen MR) is 152 cm³/mol. The van der Waals surface area contributed by atoms with E-state index >= 15 is 0 Å². The second-order valence-electron chi connectivity index (χ2n) is 9.67. The molecule has 9 heteroatoms. The Morgan fingerprint density at radius 1 is 1.00 bits per heavy atom. The number of hydrogen-bond donors (Lipinski definition) is 4. The SMILES string of the molecule is Cc1ccccc1Oc1cccc(N2CCCCC2)c1CN/C(N)=N/C(=O)c1ccc(C[C@H](N)C(=O)O)cc1. The normalized spacial score (nSPS) is 14.5. The average Bonchev–Trinajstić information content (AvgIpc) is 2.94. The van der Waals surface area contributed by atoms with Crippen molar-refractivity contribution in [2.45, 2.75) is 45.2 Å². The fourth-order valence-electron chi connectivity index (χ4n) is 4.56. The number of rotatable bonds is 9. The zero-order valence-corrected chi connectivity index (χ0v) is 22.1. The van der Waals surface area contributed by atoms with Gasteiger partial charge in [-0.05, 0) is 74.1 Å². The Labute approximate surface area is 228 Å². The van der Waals surface area contributed by atoms with Gasteiger partial charge in [0.2, 0.25) is 0 Å². The number of para-hydroxylation sites is 1. The van der Waals surface area contributed by atoms with Crippen LogP contribution >= 0.6 is 0 Å². The van der Waals surface area contributed by atoms with Crippen molar-refractivity contribution in [2.75, 3.05) is 18.0 Å². The highest BCUT2D eigenvalue weighted by Gasteiger charge is 2.19. The van der Waals surface area contributed by atoms with E-state index in [1.165, 1.54) is 6.42 Å². The van der Waals surface area contributed by atoms with Gasteiger partial charge in [-0.25, -0.2) is 0 Å². The third kappa shape index (κ3) is 7.36. The summed E-state index contributed by atoms with van der Waals surface area (Å²) in [7, 11) is 0. The maximum atomic E-state index is 12.7. The molecular weight excluding hydrogens is 494 g/mol. The van der Waals surface area contributed by atoms with Gasteiger partial charge in [0, 0.05) is 36.4 Å². The summed E-state index contributed by atoms with van der Waals surface area (Å²) in [6.45, 7) is 4.26. The minimum Gasteiger partial charge on any atom is -0.480 e. The number of carboxylic acid groups (broad SMARTS) is 1. The Balaban J connectivity index is 1.50. The molecule has 0 spiro atoms. The smallest absolute Gasteiger partial charge is 0.320 e. The molecule has 1 amide bonds. The highest BCUT2D eigenvalue weighted by molar-refractivity contribution is 6.02. The number of carbonyl (C=O) groups is 2. The third-order valence-corrected chi connectivity index (χ3v) is 6.76. The van der Waals surface area contributed by atoms with Gasteiger partial charge in [-0.1, -0.05) is 36.4 Å². The van der Waals surface area contributed by atoms with E-state index in [0.717, 1.165) is 48.5 Å². The van der Waals surface area contributed by atoms with Crippen molar-refractivity contribution in [1.29, 1.82) is 0 Å². The summed E-state index contributed by atoms with van der Waals surface area (Å²) in [5.74, 6) is -0.0942. The second-order valence-corrected chi connectivity index (χ2v) is 9.67. The number of anilines is 1. The summed E-state index contributed by atoms with van der Waals surface area (Å²) in [6, 6.07) is 19.4. The van der Waals surface area contributed by atoms with Gasteiger partial charge in [0.25, 0.3) is 5.91 Å². The second kappa shape index (κ2) is 12.9. The molecule has 9 nitrogen and oxygen atoms in total. The number of aliphatic carboxylic acids is 1. The van der Waals surface area contributed by atoms with Gasteiger partial charge in [0.15, 0.2) is 5.96 Å². The van der Waals surface area contributed by atoms with Gasteiger partial charge in [-0.15, -0.1) is 0 Å². The number of guanidine groups is 1. The first-order valence-electron chi connectivity index (χ1n) is 13.1. The van der Waals surface area contributed by atoms with Crippen LogP contribution in [0, 0.1) is 6.92 Å². The monoisotopic (exact) mass is 529 g/mol. The summed E-state index contributed by atoms with van der Waals surface area (Å²) >= 11 is 0. The lowest BCUT2D eigenvalue weighted by Crippen LogP contribution is -2.34. The summed E-state index contributed by atoms with van der Waals surface area (Å²) in [5, 5.41) is 12.1. The molecule has 204 valence electrons. The number of amides is 1. The number of nitrogens with one attached hydrogen (secondary N) is 1. The van der Waals surface area contributed by atoms with Crippen LogP contribution in [0.25, 0.3) is 0 Å². The zero-order chi connectivity index (χ0) is 27.8. The Bertz CT molecular complexity index is 1330. The summed E-state index contributed by atoms with van der Waals surface area (Å²) in [4.78, 5) is 30.1. The number of hydrogen-bond acceptors (Lipinski definition) is 5. The van der Waals surface area contributed by atoms with Crippen molar-refractivity contribution in [3.05, 3.63) is 89.0 Å². The molecule has 3 aromatic rings. The molecule has 0 saturated carbocycles. The Hall–Kier alpha value is -4.37. The number of benzene rings is 3. The van der Waals surface area contributed by atoms with Crippen LogP contribution in [0.3, 0.4) is 0 Å². The number of carboxylic acids is 1. The Kier molecular flexibility index (Phi) is 9.17. The summed E-state index contributed by atoms with van der Waals surface area (Å²) in [5.41, 5.74) is 15.8. The van der Waals surface area contributed by atoms with Crippen molar-refractivity contribution >= 4 is 23.5 Å². The lowest BCUT2D eigenvalue weighted by molar-refractivity contribution is -0.138. The zero-order valence-electron chi connectivity index (χ0n) is 22.1. The van der Waals surface area contributed by atoms with E-state index in [2.05, 4.69) is 21.3 Å². The molecular formula is C30H35N5O4. The molecule has 4 rings (SSSR count). The van der Waals surface area contributed by atoms with E-state index in [0.29, 0.717) is 23.4 Å². The van der Waals surface area contributed by atoms with Crippen molar-refractivity contribution < 1.29 is 19.4 Å². The molecule has 39 heavy (non-hydrogen) atoms. The number of ether oxygens (including phenoxy) is 1. The van der Waals surface area contributed by atoms with Gasteiger partial charge >= 0.3 is 5.97 Å². The first-order valence-corrected chi connectivity index (χ1v) is 13.1. The van der Waals surface area contributed by atoms with Crippen LogP contribution in [0.15, 0.2) is 71.7 Å². The molecule has 0 aromatic heterocycles. The van der Waals surface area contributed by atoms with Crippen LogP contribution in [0.4, 0.5) is 5.69 Å². The molecule has 0 aliphatic carbocycles. The maximum absolute atomic E-state index is 12.7. The standard InChI is InChI=1S/C30H35N5O4/c1-20-8-3-4-10-26(20)39-27-11-7-9-25(35-16-5-2-6-17-35)23(27)19-33-30(32)34-28(36)22-14-12-21(13-15-22)18-24(31)29(37)38/h3-4,7-15,24H,2,5-6,16-19,31H2,1H3,(H,37,38)(H3,32,33,34,36)/t24-/m0/s1. The molecule has 0 bridgehead atoms. The third-order valence-electron chi connectivity index (χ3n) is 6.76. The largest absolute Gasteiger partial charge is 0.480 e. The molecule has 1 aliphatic rings. The van der Waals surface area contributed by atoms with Crippen LogP contribution in [-0.2, 0) is 17.8 Å². The predicted octanol–water partition coefficient (Wildman–Crippen LogP) is 3.98. The number of nitrogens with two attached hydrogens (primary N) is 2. The van der Waals surface area contributed by atoms with Crippen molar-refractivity contribution in [1.82, 2.24) is 5.32 Å². The molecule has 1 atom stereocenters. The van der Waals surface area contributed by atoms with E-state index < -0.39 is 17.9 Å². The van der Waals surface area contributed by atoms with Gasteiger partial charge in [-0.2, -0.15) is 4.99 Å². The molecule has 1 aliphatic heterocycles. The molecule has 6 N–H and O–H groups in total. The van der Waals surface area contributed by atoms with Crippen molar-refractivity contribution in [3.8, 4) is 11.5 Å². The van der Waals surface area contributed by atoms with Gasteiger partial charge in [-0.3, -0.25) is 9.59 Å².